The zero-order valence-corrected chi connectivity index (χ0v) is 22.2. The fraction of sp³-hybridized carbons (Fsp3) is 0.321. The summed E-state index contributed by atoms with van der Waals surface area (Å²) in [5, 5.41) is 3.05. The highest BCUT2D eigenvalue weighted by Crippen LogP contribution is 2.32. The van der Waals surface area contributed by atoms with Gasteiger partial charge in [0.15, 0.2) is 0 Å². The highest BCUT2D eigenvalue weighted by Gasteiger charge is 2.30. The quantitative estimate of drug-likeness (QED) is 0.387. The lowest BCUT2D eigenvalue weighted by Gasteiger charge is -2.27. The number of nitrogens with one attached hydrogen (secondary N) is 1. The molecule has 0 bridgehead atoms. The Labute approximate surface area is 214 Å². The van der Waals surface area contributed by atoms with Crippen molar-refractivity contribution < 1.29 is 22.7 Å². The molecule has 0 aliphatic rings. The summed E-state index contributed by atoms with van der Waals surface area (Å²) >= 11 is 0. The lowest BCUT2D eigenvalue weighted by Crippen LogP contribution is -2.42. The summed E-state index contributed by atoms with van der Waals surface area (Å²) in [6, 6.07) is 20.5. The molecule has 0 aliphatic heterocycles. The molecule has 0 aliphatic carbocycles. The van der Waals surface area contributed by atoms with E-state index in [2.05, 4.69) is 19.2 Å². The average molecular weight is 511 g/mol. The van der Waals surface area contributed by atoms with Gasteiger partial charge in [0, 0.05) is 0 Å². The molecule has 0 heterocycles. The van der Waals surface area contributed by atoms with Gasteiger partial charge in [-0.15, -0.1) is 0 Å². The highest BCUT2D eigenvalue weighted by molar-refractivity contribution is 7.92. The van der Waals surface area contributed by atoms with Crippen molar-refractivity contribution in [1.29, 1.82) is 0 Å². The molecule has 0 fully saturated rings. The molecule has 3 aromatic rings. The van der Waals surface area contributed by atoms with Crippen molar-refractivity contribution in [3.05, 3.63) is 83.9 Å². The number of carbonyl (C=O) groups excluding carboxylic acids is 1. The molecule has 0 radical (unpaired) electrons. The Kier molecular flexibility index (Phi) is 8.98. The number of rotatable bonds is 11. The number of hydrogen-bond acceptors (Lipinski definition) is 5. The highest BCUT2D eigenvalue weighted by atomic mass is 32.2. The van der Waals surface area contributed by atoms with Crippen LogP contribution in [0.2, 0.25) is 0 Å². The summed E-state index contributed by atoms with van der Waals surface area (Å²) in [5.41, 5.74) is 2.15. The van der Waals surface area contributed by atoms with Gasteiger partial charge in [-0.1, -0.05) is 55.8 Å². The molecule has 0 aromatic heterocycles. The number of aryl methyl sites for hydroxylation is 1. The van der Waals surface area contributed by atoms with Crippen molar-refractivity contribution in [2.75, 3.05) is 25.1 Å². The number of methoxy groups -OCH3 is 2. The van der Waals surface area contributed by atoms with Crippen LogP contribution < -0.4 is 19.1 Å². The molecule has 1 N–H and O–H groups in total. The summed E-state index contributed by atoms with van der Waals surface area (Å²) < 4.78 is 39.2. The minimum atomic E-state index is -4.06. The fourth-order valence-electron chi connectivity index (χ4n) is 3.93. The predicted molar refractivity (Wildman–Crippen MR) is 142 cm³/mol. The summed E-state index contributed by atoms with van der Waals surface area (Å²) in [6.07, 6.45) is 0.692. The monoisotopic (exact) mass is 510 g/mol. The van der Waals surface area contributed by atoms with E-state index in [4.69, 9.17) is 9.47 Å². The van der Waals surface area contributed by atoms with Crippen LogP contribution in [0.25, 0.3) is 0 Å². The second kappa shape index (κ2) is 11.9. The first-order valence-electron chi connectivity index (χ1n) is 11.8. The molecule has 36 heavy (non-hydrogen) atoms. The number of sulfonamides is 1. The topological polar surface area (TPSA) is 84.9 Å². The fourth-order valence-corrected chi connectivity index (χ4v) is 5.36. The number of ether oxygens (including phenoxy) is 2. The third-order valence-corrected chi connectivity index (χ3v) is 7.58. The molecule has 0 saturated carbocycles. The number of benzene rings is 3. The SMILES string of the molecule is COc1ccc([C@@H](CC(C)C)NC(=O)CN(c2ccccc2OC)S(=O)(=O)c2ccc(C)cc2)cc1. The van der Waals surface area contributed by atoms with E-state index < -0.39 is 22.5 Å². The smallest absolute Gasteiger partial charge is 0.264 e. The van der Waals surface area contributed by atoms with Crippen LogP contribution in [0, 0.1) is 12.8 Å². The Hall–Kier alpha value is -3.52. The molecule has 7 nitrogen and oxygen atoms in total. The molecule has 192 valence electrons. The van der Waals surface area contributed by atoms with Crippen LogP contribution in [-0.4, -0.2) is 35.1 Å². The molecule has 0 unspecified atom stereocenters. The first kappa shape index (κ1) is 27.1. The summed E-state index contributed by atoms with van der Waals surface area (Å²) in [6.45, 7) is 5.63. The maximum Gasteiger partial charge on any atom is 0.264 e. The lowest BCUT2D eigenvalue weighted by atomic mass is 9.97. The van der Waals surface area contributed by atoms with E-state index in [1.54, 1.807) is 55.6 Å². The van der Waals surface area contributed by atoms with Gasteiger partial charge < -0.3 is 14.8 Å². The van der Waals surface area contributed by atoms with Crippen molar-refractivity contribution >= 4 is 21.6 Å². The Morgan fingerprint density at radius 3 is 2.14 bits per heavy atom. The van der Waals surface area contributed by atoms with Gasteiger partial charge in [0.1, 0.15) is 18.0 Å². The Bertz CT molecular complexity index is 1260. The standard InChI is InChI=1S/C28H34N2O5S/c1-20(2)18-25(22-12-14-23(34-4)15-13-22)29-28(31)19-30(26-8-6-7-9-27(26)35-5)36(32,33)24-16-10-21(3)11-17-24/h6-17,20,25H,18-19H2,1-5H3,(H,29,31)/t25-/m1/s1. The van der Waals surface area contributed by atoms with Crippen molar-refractivity contribution in [3.63, 3.8) is 0 Å². The van der Waals surface area contributed by atoms with Gasteiger partial charge in [0.05, 0.1) is 30.8 Å². The van der Waals surface area contributed by atoms with E-state index in [0.29, 0.717) is 23.8 Å². The Morgan fingerprint density at radius 2 is 1.56 bits per heavy atom. The van der Waals surface area contributed by atoms with Crippen LogP contribution in [0.3, 0.4) is 0 Å². The number of amides is 1. The Balaban J connectivity index is 1.95. The maximum atomic E-state index is 13.7. The number of nitrogens with zero attached hydrogens (tertiary/aromatic N) is 1. The van der Waals surface area contributed by atoms with E-state index in [1.807, 2.05) is 31.2 Å². The molecule has 0 saturated heterocycles. The lowest BCUT2D eigenvalue weighted by molar-refractivity contribution is -0.120. The van der Waals surface area contributed by atoms with E-state index >= 15 is 0 Å². The van der Waals surface area contributed by atoms with Crippen LogP contribution >= 0.6 is 0 Å². The van der Waals surface area contributed by atoms with Crippen molar-refractivity contribution in [3.8, 4) is 11.5 Å². The zero-order chi connectivity index (χ0) is 26.3. The summed E-state index contributed by atoms with van der Waals surface area (Å²) in [4.78, 5) is 13.5. The van der Waals surface area contributed by atoms with Gasteiger partial charge in [-0.2, -0.15) is 0 Å². The number of carbonyl (C=O) groups is 1. The van der Waals surface area contributed by atoms with E-state index in [0.717, 1.165) is 21.2 Å². The van der Waals surface area contributed by atoms with Gasteiger partial charge in [0.25, 0.3) is 10.0 Å². The van der Waals surface area contributed by atoms with Crippen LogP contribution in [0.5, 0.6) is 11.5 Å². The molecule has 1 amide bonds. The number of hydrogen-bond donors (Lipinski definition) is 1. The molecule has 1 atom stereocenters. The molecular formula is C28H34N2O5S. The van der Waals surface area contributed by atoms with Crippen LogP contribution in [0.4, 0.5) is 5.69 Å². The van der Waals surface area contributed by atoms with Gasteiger partial charge in [-0.05, 0) is 61.2 Å². The minimum Gasteiger partial charge on any atom is -0.497 e. The minimum absolute atomic E-state index is 0.0979. The van der Waals surface area contributed by atoms with Gasteiger partial charge >= 0.3 is 0 Å². The van der Waals surface area contributed by atoms with Crippen molar-refractivity contribution in [1.82, 2.24) is 5.32 Å². The van der Waals surface area contributed by atoms with Crippen LogP contribution in [-0.2, 0) is 14.8 Å². The normalized spacial score (nSPS) is 12.2. The van der Waals surface area contributed by atoms with Gasteiger partial charge in [0.2, 0.25) is 5.91 Å². The maximum absolute atomic E-state index is 13.7. The second-order valence-electron chi connectivity index (χ2n) is 9.02. The second-order valence-corrected chi connectivity index (χ2v) is 10.9. The molecule has 3 rings (SSSR count). The van der Waals surface area contributed by atoms with Crippen molar-refractivity contribution in [2.45, 2.75) is 38.1 Å². The van der Waals surface area contributed by atoms with E-state index in [-0.39, 0.29) is 10.9 Å². The summed E-state index contributed by atoms with van der Waals surface area (Å²) in [5.74, 6) is 0.965. The molecule has 3 aromatic carbocycles. The molecule has 8 heteroatoms. The largest absolute Gasteiger partial charge is 0.497 e. The molecular weight excluding hydrogens is 476 g/mol. The van der Waals surface area contributed by atoms with E-state index in [9.17, 15) is 13.2 Å². The third kappa shape index (κ3) is 6.57. The predicted octanol–water partition coefficient (Wildman–Crippen LogP) is 5.11. The number of anilines is 1. The Morgan fingerprint density at radius 1 is 0.917 bits per heavy atom. The first-order valence-corrected chi connectivity index (χ1v) is 13.3. The van der Waals surface area contributed by atoms with Crippen LogP contribution in [0.1, 0.15) is 37.4 Å². The van der Waals surface area contributed by atoms with Crippen LogP contribution in [0.15, 0.2) is 77.7 Å². The third-order valence-electron chi connectivity index (χ3n) is 5.81. The van der Waals surface area contributed by atoms with E-state index in [1.165, 1.54) is 7.11 Å². The zero-order valence-electron chi connectivity index (χ0n) is 21.4. The number of para-hydroxylation sites is 2. The first-order chi connectivity index (χ1) is 17.1. The van der Waals surface area contributed by atoms with Gasteiger partial charge in [-0.3, -0.25) is 9.10 Å². The molecule has 0 spiro atoms. The summed E-state index contributed by atoms with van der Waals surface area (Å²) in [7, 11) is -0.984. The van der Waals surface area contributed by atoms with Gasteiger partial charge in [-0.25, -0.2) is 8.42 Å². The average Bonchev–Trinajstić information content (AvgIpc) is 2.87. The van der Waals surface area contributed by atoms with Crippen molar-refractivity contribution in [2.24, 2.45) is 5.92 Å².